The molecule has 1 aromatic heterocycles. The zero-order chi connectivity index (χ0) is 14.5. The maximum absolute atomic E-state index is 11.8. The molecular formula is C15H15NO4. The fourth-order valence-electron chi connectivity index (χ4n) is 1.76. The van der Waals surface area contributed by atoms with Crippen molar-refractivity contribution in [3.05, 3.63) is 53.5 Å². The lowest BCUT2D eigenvalue weighted by Crippen LogP contribution is -2.10. The molecule has 0 radical (unpaired) electrons. The summed E-state index contributed by atoms with van der Waals surface area (Å²) in [6.07, 6.45) is 0.568. The maximum atomic E-state index is 11.8. The molecule has 0 fully saturated rings. The Bertz CT molecular complexity index is 613. The Morgan fingerprint density at radius 1 is 1.15 bits per heavy atom. The first-order valence-electron chi connectivity index (χ1n) is 6.23. The van der Waals surface area contributed by atoms with Gasteiger partial charge in [0.2, 0.25) is 0 Å². The molecule has 5 heteroatoms. The molecule has 0 spiro atoms. The van der Waals surface area contributed by atoms with Crippen LogP contribution in [0, 0.1) is 6.92 Å². The van der Waals surface area contributed by atoms with E-state index in [2.05, 4.69) is 5.32 Å². The summed E-state index contributed by atoms with van der Waals surface area (Å²) in [5, 5.41) is 11.3. The Kier molecular flexibility index (Phi) is 4.20. The van der Waals surface area contributed by atoms with Gasteiger partial charge in [0.25, 0.3) is 5.91 Å². The first-order valence-corrected chi connectivity index (χ1v) is 6.23. The molecule has 104 valence electrons. The second kappa shape index (κ2) is 6.06. The third-order valence-electron chi connectivity index (χ3n) is 2.80. The van der Waals surface area contributed by atoms with Crippen LogP contribution in [0.3, 0.4) is 0 Å². The lowest BCUT2D eigenvalue weighted by atomic mass is 10.1. The van der Waals surface area contributed by atoms with E-state index >= 15 is 0 Å². The van der Waals surface area contributed by atoms with Gasteiger partial charge in [-0.25, -0.2) is 0 Å². The highest BCUT2D eigenvalue weighted by Gasteiger charge is 2.10. The van der Waals surface area contributed by atoms with Crippen LogP contribution in [0.4, 0.5) is 5.69 Å². The topological polar surface area (TPSA) is 79.5 Å². The smallest absolute Gasteiger partial charge is 0.303 e. The van der Waals surface area contributed by atoms with E-state index in [1.165, 1.54) is 0 Å². The average Bonchev–Trinajstić information content (AvgIpc) is 2.85. The van der Waals surface area contributed by atoms with Gasteiger partial charge >= 0.3 is 5.97 Å². The van der Waals surface area contributed by atoms with Crippen molar-refractivity contribution in [2.45, 2.75) is 19.8 Å². The molecule has 0 aliphatic heterocycles. The Morgan fingerprint density at radius 3 is 2.40 bits per heavy atom. The highest BCUT2D eigenvalue weighted by molar-refractivity contribution is 6.02. The molecule has 0 saturated carbocycles. The van der Waals surface area contributed by atoms with Crippen LogP contribution in [-0.4, -0.2) is 17.0 Å². The maximum Gasteiger partial charge on any atom is 0.303 e. The standard InChI is InChI=1S/C15H15NO4/c1-10-2-8-13(20-10)15(19)16-12-6-3-11(4-7-12)5-9-14(17)18/h2-4,6-8H,5,9H2,1H3,(H,16,19)(H,17,18). The third-order valence-corrected chi connectivity index (χ3v) is 2.80. The number of benzene rings is 1. The molecule has 5 nitrogen and oxygen atoms in total. The van der Waals surface area contributed by atoms with Gasteiger partial charge in [0.05, 0.1) is 0 Å². The predicted molar refractivity (Wildman–Crippen MR) is 73.8 cm³/mol. The number of aryl methyl sites for hydroxylation is 2. The molecule has 0 saturated heterocycles. The summed E-state index contributed by atoms with van der Waals surface area (Å²) < 4.78 is 5.23. The molecule has 0 atom stereocenters. The lowest BCUT2D eigenvalue weighted by Gasteiger charge is -2.04. The van der Waals surface area contributed by atoms with E-state index in [1.807, 2.05) is 0 Å². The van der Waals surface area contributed by atoms with Crippen molar-refractivity contribution in [3.63, 3.8) is 0 Å². The zero-order valence-corrected chi connectivity index (χ0v) is 11.1. The summed E-state index contributed by atoms with van der Waals surface area (Å²) in [6.45, 7) is 1.77. The lowest BCUT2D eigenvalue weighted by molar-refractivity contribution is -0.136. The summed E-state index contributed by atoms with van der Waals surface area (Å²) >= 11 is 0. The summed E-state index contributed by atoms with van der Waals surface area (Å²) in [6, 6.07) is 10.4. The molecule has 1 aromatic carbocycles. The molecule has 20 heavy (non-hydrogen) atoms. The molecule has 1 heterocycles. The summed E-state index contributed by atoms with van der Waals surface area (Å²) in [7, 11) is 0. The molecule has 0 aliphatic rings. The van der Waals surface area contributed by atoms with Gasteiger partial charge in [-0.2, -0.15) is 0 Å². The molecule has 0 unspecified atom stereocenters. The molecule has 1 amide bonds. The SMILES string of the molecule is Cc1ccc(C(=O)Nc2ccc(CCC(=O)O)cc2)o1. The number of carbonyl (C=O) groups is 2. The number of hydrogen-bond acceptors (Lipinski definition) is 3. The second-order valence-electron chi connectivity index (χ2n) is 4.46. The molecular weight excluding hydrogens is 258 g/mol. The molecule has 2 aromatic rings. The quantitative estimate of drug-likeness (QED) is 0.877. The van der Waals surface area contributed by atoms with Gasteiger partial charge in [-0.1, -0.05) is 12.1 Å². The van der Waals surface area contributed by atoms with Crippen LogP contribution in [0.2, 0.25) is 0 Å². The van der Waals surface area contributed by atoms with Gasteiger partial charge in [-0.05, 0) is 43.2 Å². The minimum atomic E-state index is -0.824. The van der Waals surface area contributed by atoms with E-state index < -0.39 is 5.97 Å². The van der Waals surface area contributed by atoms with Gasteiger partial charge in [0, 0.05) is 12.1 Å². The molecule has 0 bridgehead atoms. The summed E-state index contributed by atoms with van der Waals surface area (Å²) in [5.41, 5.74) is 1.56. The number of carbonyl (C=O) groups excluding carboxylic acids is 1. The largest absolute Gasteiger partial charge is 0.481 e. The van der Waals surface area contributed by atoms with Gasteiger partial charge in [0.15, 0.2) is 5.76 Å². The number of aliphatic carboxylic acids is 1. The van der Waals surface area contributed by atoms with Crippen LogP contribution in [0.25, 0.3) is 0 Å². The Morgan fingerprint density at radius 2 is 1.85 bits per heavy atom. The van der Waals surface area contributed by atoms with Crippen LogP contribution in [0.15, 0.2) is 40.8 Å². The molecule has 2 rings (SSSR count). The Hall–Kier alpha value is -2.56. The van der Waals surface area contributed by atoms with Crippen molar-refractivity contribution in [1.29, 1.82) is 0 Å². The third kappa shape index (κ3) is 3.71. The van der Waals surface area contributed by atoms with E-state index in [4.69, 9.17) is 9.52 Å². The van der Waals surface area contributed by atoms with Gasteiger partial charge in [-0.3, -0.25) is 9.59 Å². The number of anilines is 1. The average molecular weight is 273 g/mol. The number of furan rings is 1. The van der Waals surface area contributed by atoms with Crippen LogP contribution in [0.1, 0.15) is 28.3 Å². The van der Waals surface area contributed by atoms with Crippen molar-refractivity contribution < 1.29 is 19.1 Å². The van der Waals surface area contributed by atoms with E-state index in [-0.39, 0.29) is 18.1 Å². The fourth-order valence-corrected chi connectivity index (χ4v) is 1.76. The van der Waals surface area contributed by atoms with Gasteiger partial charge in [0.1, 0.15) is 5.76 Å². The van der Waals surface area contributed by atoms with E-state index in [1.54, 1.807) is 43.3 Å². The highest BCUT2D eigenvalue weighted by Crippen LogP contribution is 2.14. The van der Waals surface area contributed by atoms with Crippen LogP contribution in [-0.2, 0) is 11.2 Å². The van der Waals surface area contributed by atoms with Crippen molar-refractivity contribution in [1.82, 2.24) is 0 Å². The van der Waals surface area contributed by atoms with E-state index in [0.717, 1.165) is 5.56 Å². The minimum absolute atomic E-state index is 0.0946. The van der Waals surface area contributed by atoms with E-state index in [9.17, 15) is 9.59 Å². The van der Waals surface area contributed by atoms with Crippen LogP contribution >= 0.6 is 0 Å². The van der Waals surface area contributed by atoms with Crippen molar-refractivity contribution in [3.8, 4) is 0 Å². The number of carboxylic acids is 1. The summed E-state index contributed by atoms with van der Waals surface area (Å²) in [5.74, 6) is -0.191. The summed E-state index contributed by atoms with van der Waals surface area (Å²) in [4.78, 5) is 22.3. The normalized spacial score (nSPS) is 10.2. The highest BCUT2D eigenvalue weighted by atomic mass is 16.4. The van der Waals surface area contributed by atoms with Crippen LogP contribution < -0.4 is 5.32 Å². The Labute approximate surface area is 116 Å². The zero-order valence-electron chi connectivity index (χ0n) is 11.1. The van der Waals surface area contributed by atoms with Gasteiger partial charge in [-0.15, -0.1) is 0 Å². The van der Waals surface area contributed by atoms with Crippen molar-refractivity contribution in [2.24, 2.45) is 0 Å². The molecule has 0 aliphatic carbocycles. The monoisotopic (exact) mass is 273 g/mol. The minimum Gasteiger partial charge on any atom is -0.481 e. The predicted octanol–water partition coefficient (Wildman–Crippen LogP) is 2.86. The van der Waals surface area contributed by atoms with Crippen LogP contribution in [0.5, 0.6) is 0 Å². The first kappa shape index (κ1) is 13.9. The van der Waals surface area contributed by atoms with E-state index in [0.29, 0.717) is 17.9 Å². The van der Waals surface area contributed by atoms with Crippen molar-refractivity contribution >= 4 is 17.6 Å². The number of rotatable bonds is 5. The first-order chi connectivity index (χ1) is 9.54. The van der Waals surface area contributed by atoms with Gasteiger partial charge < -0.3 is 14.8 Å². The van der Waals surface area contributed by atoms with Crippen molar-refractivity contribution in [2.75, 3.05) is 5.32 Å². The number of amides is 1. The number of carboxylic acid groups (broad SMARTS) is 1. The number of hydrogen-bond donors (Lipinski definition) is 2. The number of nitrogens with one attached hydrogen (secondary N) is 1. The second-order valence-corrected chi connectivity index (χ2v) is 4.46. The Balaban J connectivity index is 1.96. The fraction of sp³-hybridized carbons (Fsp3) is 0.200. The molecule has 2 N–H and O–H groups in total.